The molecule has 1 aliphatic heterocycles. The lowest BCUT2D eigenvalue weighted by Crippen LogP contribution is -2.47. The molecule has 1 unspecified atom stereocenters. The van der Waals surface area contributed by atoms with Gasteiger partial charge in [-0.15, -0.1) is 24.0 Å². The zero-order valence-corrected chi connectivity index (χ0v) is 20.6. The summed E-state index contributed by atoms with van der Waals surface area (Å²) in [6.07, 6.45) is 0. The number of ether oxygens (including phenoxy) is 1. The lowest BCUT2D eigenvalue weighted by molar-refractivity contribution is -0.120. The molecule has 1 atom stereocenters. The van der Waals surface area contributed by atoms with E-state index in [9.17, 15) is 9.18 Å². The molecule has 3 rings (SSSR count). The van der Waals surface area contributed by atoms with Crippen LogP contribution in [0.5, 0.6) is 0 Å². The minimum Gasteiger partial charge on any atom is -0.379 e. The number of carbonyl (C=O) groups excluding carboxylic acids is 1. The number of morpholine rings is 1. The fourth-order valence-electron chi connectivity index (χ4n) is 3.47. The van der Waals surface area contributed by atoms with Crippen molar-refractivity contribution in [1.82, 2.24) is 20.9 Å². The fraction of sp³-hybridized carbons (Fsp3) is 0.391. The summed E-state index contributed by atoms with van der Waals surface area (Å²) < 4.78 is 18.9. The Labute approximate surface area is 205 Å². The minimum atomic E-state index is -0.253. The van der Waals surface area contributed by atoms with Crippen molar-refractivity contribution in [2.75, 3.05) is 46.4 Å². The molecule has 1 fully saturated rings. The Hall–Kier alpha value is -2.24. The van der Waals surface area contributed by atoms with Crippen LogP contribution in [-0.4, -0.2) is 63.2 Å². The molecule has 1 saturated heterocycles. The van der Waals surface area contributed by atoms with Crippen LogP contribution in [0.1, 0.15) is 17.2 Å². The van der Waals surface area contributed by atoms with Gasteiger partial charge in [0.25, 0.3) is 0 Å². The van der Waals surface area contributed by atoms with Gasteiger partial charge in [-0.25, -0.2) is 4.39 Å². The van der Waals surface area contributed by atoms with E-state index in [0.717, 1.165) is 24.2 Å². The number of nitrogens with zero attached hydrogens (tertiary/aromatic N) is 2. The molecular formula is C23H31FIN5O2. The average molecular weight is 555 g/mol. The summed E-state index contributed by atoms with van der Waals surface area (Å²) in [6.45, 7) is 4.12. The third-order valence-corrected chi connectivity index (χ3v) is 5.18. The van der Waals surface area contributed by atoms with Gasteiger partial charge in [-0.05, 0) is 23.3 Å². The van der Waals surface area contributed by atoms with Gasteiger partial charge in [-0.1, -0.05) is 42.5 Å². The molecule has 0 spiro atoms. The van der Waals surface area contributed by atoms with Gasteiger partial charge >= 0.3 is 0 Å². The van der Waals surface area contributed by atoms with Crippen molar-refractivity contribution in [2.45, 2.75) is 12.6 Å². The highest BCUT2D eigenvalue weighted by atomic mass is 127. The van der Waals surface area contributed by atoms with Crippen LogP contribution < -0.4 is 16.0 Å². The maximum Gasteiger partial charge on any atom is 0.239 e. The number of guanidine groups is 1. The first-order valence-corrected chi connectivity index (χ1v) is 10.5. The average Bonchev–Trinajstić information content (AvgIpc) is 2.82. The maximum atomic E-state index is 13.4. The zero-order chi connectivity index (χ0) is 21.9. The summed E-state index contributed by atoms with van der Waals surface area (Å²) in [6, 6.07) is 16.4. The fourth-order valence-corrected chi connectivity index (χ4v) is 3.47. The van der Waals surface area contributed by atoms with E-state index in [1.54, 1.807) is 7.05 Å². The molecule has 1 amide bonds. The van der Waals surface area contributed by atoms with E-state index in [1.807, 2.05) is 42.5 Å². The van der Waals surface area contributed by atoms with E-state index in [1.165, 1.54) is 12.1 Å². The van der Waals surface area contributed by atoms with Crippen LogP contribution in [0.2, 0.25) is 0 Å². The van der Waals surface area contributed by atoms with Crippen LogP contribution in [0, 0.1) is 5.82 Å². The predicted octanol–water partition coefficient (Wildman–Crippen LogP) is 2.30. The first kappa shape index (κ1) is 26.0. The molecule has 174 valence electrons. The van der Waals surface area contributed by atoms with Crippen LogP contribution in [0.3, 0.4) is 0 Å². The molecule has 32 heavy (non-hydrogen) atoms. The van der Waals surface area contributed by atoms with Gasteiger partial charge in [-0.3, -0.25) is 14.7 Å². The standard InChI is InChI=1S/C23H30FN5O2.HI/c1-25-23(28-17-22(30)26-15-18-5-3-2-4-6-18)27-16-21(29-11-13-31-14-12-29)19-7-9-20(24)10-8-19;/h2-10,21H,11-17H2,1H3,(H,26,30)(H2,25,27,28);1H. The second-order valence-corrected chi connectivity index (χ2v) is 7.28. The van der Waals surface area contributed by atoms with Gasteiger partial charge in [-0.2, -0.15) is 0 Å². The number of carbonyl (C=O) groups is 1. The van der Waals surface area contributed by atoms with Gasteiger partial charge in [0.15, 0.2) is 5.96 Å². The second kappa shape index (κ2) is 14.0. The van der Waals surface area contributed by atoms with Crippen molar-refractivity contribution in [3.05, 3.63) is 71.5 Å². The van der Waals surface area contributed by atoms with Gasteiger partial charge in [0.1, 0.15) is 5.82 Å². The molecule has 0 bridgehead atoms. The summed E-state index contributed by atoms with van der Waals surface area (Å²) in [5, 5.41) is 9.22. The molecule has 1 aliphatic rings. The van der Waals surface area contributed by atoms with E-state index < -0.39 is 0 Å². The number of hydrogen-bond acceptors (Lipinski definition) is 4. The summed E-state index contributed by atoms with van der Waals surface area (Å²) in [4.78, 5) is 18.7. The van der Waals surface area contributed by atoms with E-state index in [0.29, 0.717) is 32.3 Å². The number of amides is 1. The second-order valence-electron chi connectivity index (χ2n) is 7.28. The lowest BCUT2D eigenvalue weighted by atomic mass is 10.0. The summed E-state index contributed by atoms with van der Waals surface area (Å²) in [5.41, 5.74) is 2.07. The van der Waals surface area contributed by atoms with Crippen LogP contribution in [0.25, 0.3) is 0 Å². The third-order valence-electron chi connectivity index (χ3n) is 5.18. The Morgan fingerprint density at radius 3 is 2.41 bits per heavy atom. The highest BCUT2D eigenvalue weighted by Crippen LogP contribution is 2.21. The minimum absolute atomic E-state index is 0. The molecule has 0 radical (unpaired) electrons. The Morgan fingerprint density at radius 2 is 1.75 bits per heavy atom. The number of aliphatic imine (C=N–C) groups is 1. The highest BCUT2D eigenvalue weighted by Gasteiger charge is 2.23. The maximum absolute atomic E-state index is 13.4. The highest BCUT2D eigenvalue weighted by molar-refractivity contribution is 14.0. The van der Waals surface area contributed by atoms with Crippen LogP contribution in [0.15, 0.2) is 59.6 Å². The quantitative estimate of drug-likeness (QED) is 0.265. The third kappa shape index (κ3) is 8.36. The van der Waals surface area contributed by atoms with Crippen LogP contribution in [0.4, 0.5) is 4.39 Å². The van der Waals surface area contributed by atoms with Crippen LogP contribution in [-0.2, 0) is 16.1 Å². The largest absolute Gasteiger partial charge is 0.379 e. The predicted molar refractivity (Wildman–Crippen MR) is 135 cm³/mol. The molecule has 0 aromatic heterocycles. The molecule has 9 heteroatoms. The Bertz CT molecular complexity index is 845. The van der Waals surface area contributed by atoms with Crippen molar-refractivity contribution >= 4 is 35.8 Å². The number of hydrogen-bond donors (Lipinski definition) is 3. The first-order chi connectivity index (χ1) is 15.2. The van der Waals surface area contributed by atoms with Crippen molar-refractivity contribution in [2.24, 2.45) is 4.99 Å². The molecule has 0 saturated carbocycles. The number of benzene rings is 2. The zero-order valence-electron chi connectivity index (χ0n) is 18.2. The van der Waals surface area contributed by atoms with Crippen molar-refractivity contribution in [3.63, 3.8) is 0 Å². The molecule has 2 aromatic carbocycles. The molecule has 2 aromatic rings. The number of nitrogens with one attached hydrogen (secondary N) is 3. The molecule has 7 nitrogen and oxygen atoms in total. The Morgan fingerprint density at radius 1 is 1.06 bits per heavy atom. The molecule has 0 aliphatic carbocycles. The lowest BCUT2D eigenvalue weighted by Gasteiger charge is -2.35. The van der Waals surface area contributed by atoms with E-state index >= 15 is 0 Å². The number of rotatable bonds is 8. The van der Waals surface area contributed by atoms with Gasteiger partial charge in [0.05, 0.1) is 25.8 Å². The smallest absolute Gasteiger partial charge is 0.239 e. The van der Waals surface area contributed by atoms with Crippen LogP contribution >= 0.6 is 24.0 Å². The topological polar surface area (TPSA) is 78.0 Å². The molecule has 1 heterocycles. The van der Waals surface area contributed by atoms with Crippen molar-refractivity contribution < 1.29 is 13.9 Å². The first-order valence-electron chi connectivity index (χ1n) is 10.5. The Balaban J connectivity index is 0.00000363. The Kier molecular flexibility index (Phi) is 11.4. The SMILES string of the molecule is CN=C(NCC(=O)NCc1ccccc1)NCC(c1ccc(F)cc1)N1CCOCC1.I. The van der Waals surface area contributed by atoms with Crippen molar-refractivity contribution in [1.29, 1.82) is 0 Å². The summed E-state index contributed by atoms with van der Waals surface area (Å²) in [5.74, 6) is 0.168. The molecular weight excluding hydrogens is 524 g/mol. The monoisotopic (exact) mass is 555 g/mol. The summed E-state index contributed by atoms with van der Waals surface area (Å²) in [7, 11) is 1.67. The number of halogens is 2. The normalized spacial score (nSPS) is 15.4. The van der Waals surface area contributed by atoms with Crippen molar-refractivity contribution in [3.8, 4) is 0 Å². The van der Waals surface area contributed by atoms with E-state index in [-0.39, 0.29) is 48.3 Å². The van der Waals surface area contributed by atoms with Gasteiger partial charge < -0.3 is 20.7 Å². The van der Waals surface area contributed by atoms with Gasteiger partial charge in [0, 0.05) is 33.2 Å². The molecule has 3 N–H and O–H groups in total. The summed E-state index contributed by atoms with van der Waals surface area (Å²) >= 11 is 0. The van der Waals surface area contributed by atoms with Gasteiger partial charge in [0.2, 0.25) is 5.91 Å². The van der Waals surface area contributed by atoms with E-state index in [4.69, 9.17) is 4.74 Å². The van der Waals surface area contributed by atoms with E-state index in [2.05, 4.69) is 25.8 Å².